The van der Waals surface area contributed by atoms with Crippen LogP contribution >= 0.6 is 15.9 Å². The Hall–Kier alpha value is -2.15. The van der Waals surface area contributed by atoms with Crippen LogP contribution in [0.4, 0.5) is 10.2 Å². The van der Waals surface area contributed by atoms with Crippen molar-refractivity contribution in [2.24, 2.45) is 0 Å². The monoisotopic (exact) mass is 333 g/mol. The second-order valence-corrected chi connectivity index (χ2v) is 4.94. The van der Waals surface area contributed by atoms with E-state index >= 15 is 0 Å². The van der Waals surface area contributed by atoms with Crippen LogP contribution in [0.1, 0.15) is 0 Å². The van der Waals surface area contributed by atoms with Crippen molar-refractivity contribution in [1.29, 1.82) is 0 Å². The van der Waals surface area contributed by atoms with Gasteiger partial charge in [-0.3, -0.25) is 4.98 Å². The molecule has 0 aliphatic rings. The Morgan fingerprint density at radius 1 is 1.20 bits per heavy atom. The second kappa shape index (κ2) is 5.09. The van der Waals surface area contributed by atoms with Gasteiger partial charge in [-0.05, 0) is 12.1 Å². The number of fused-ring (bicyclic) bond motifs is 1. The standard InChI is InChI=1S/C13H9BrFN5/c1-16-12-8-4-7(14)5-9(15)11(8)19-13(20-12)10-6-17-2-3-18-10/h2-6H,1H3,(H,16,19,20). The smallest absolute Gasteiger partial charge is 0.182 e. The number of nitrogens with zero attached hydrogens (tertiary/aromatic N) is 4. The van der Waals surface area contributed by atoms with E-state index in [0.717, 1.165) is 0 Å². The topological polar surface area (TPSA) is 63.6 Å². The molecule has 0 amide bonds. The van der Waals surface area contributed by atoms with Crippen LogP contribution in [0, 0.1) is 5.82 Å². The van der Waals surface area contributed by atoms with Gasteiger partial charge < -0.3 is 5.32 Å². The lowest BCUT2D eigenvalue weighted by molar-refractivity contribution is 0.636. The first kappa shape index (κ1) is 12.9. The molecule has 2 heterocycles. The Morgan fingerprint density at radius 2 is 2.05 bits per heavy atom. The maximum Gasteiger partial charge on any atom is 0.182 e. The molecule has 1 aromatic carbocycles. The maximum atomic E-state index is 14.1. The molecule has 5 nitrogen and oxygen atoms in total. The SMILES string of the molecule is CNc1nc(-c2cnccn2)nc2c(F)cc(Br)cc12. The number of hydrogen-bond donors (Lipinski definition) is 1. The molecule has 0 aliphatic carbocycles. The highest BCUT2D eigenvalue weighted by Gasteiger charge is 2.13. The van der Waals surface area contributed by atoms with E-state index in [-0.39, 0.29) is 5.52 Å². The van der Waals surface area contributed by atoms with Crippen LogP contribution in [0.25, 0.3) is 22.4 Å². The Bertz CT molecular complexity index is 779. The van der Waals surface area contributed by atoms with E-state index in [1.807, 2.05) is 0 Å². The van der Waals surface area contributed by atoms with Gasteiger partial charge in [-0.2, -0.15) is 0 Å². The lowest BCUT2D eigenvalue weighted by atomic mass is 10.2. The Labute approximate surface area is 122 Å². The molecular weight excluding hydrogens is 325 g/mol. The molecule has 7 heteroatoms. The second-order valence-electron chi connectivity index (χ2n) is 4.02. The normalized spacial score (nSPS) is 10.8. The van der Waals surface area contributed by atoms with Crippen molar-refractivity contribution in [1.82, 2.24) is 19.9 Å². The van der Waals surface area contributed by atoms with Gasteiger partial charge in [0, 0.05) is 29.3 Å². The molecule has 0 radical (unpaired) electrons. The highest BCUT2D eigenvalue weighted by molar-refractivity contribution is 9.10. The third-order valence-electron chi connectivity index (χ3n) is 2.75. The number of aromatic nitrogens is 4. The van der Waals surface area contributed by atoms with Gasteiger partial charge in [-0.15, -0.1) is 0 Å². The molecule has 0 saturated carbocycles. The fourth-order valence-corrected chi connectivity index (χ4v) is 2.31. The summed E-state index contributed by atoms with van der Waals surface area (Å²) in [5.41, 5.74) is 0.737. The van der Waals surface area contributed by atoms with E-state index in [1.165, 1.54) is 12.3 Å². The molecular formula is C13H9BrFN5. The van der Waals surface area contributed by atoms with Crippen molar-refractivity contribution < 1.29 is 4.39 Å². The summed E-state index contributed by atoms with van der Waals surface area (Å²) >= 11 is 3.26. The molecule has 1 N–H and O–H groups in total. The molecule has 0 saturated heterocycles. The number of hydrogen-bond acceptors (Lipinski definition) is 5. The zero-order valence-electron chi connectivity index (χ0n) is 10.4. The van der Waals surface area contributed by atoms with Gasteiger partial charge in [0.1, 0.15) is 17.0 Å². The third-order valence-corrected chi connectivity index (χ3v) is 3.21. The van der Waals surface area contributed by atoms with E-state index < -0.39 is 5.82 Å². The largest absolute Gasteiger partial charge is 0.373 e. The molecule has 3 rings (SSSR count). The van der Waals surface area contributed by atoms with E-state index in [1.54, 1.807) is 25.5 Å². The van der Waals surface area contributed by atoms with E-state index in [9.17, 15) is 4.39 Å². The molecule has 3 aromatic rings. The van der Waals surface area contributed by atoms with Crippen molar-refractivity contribution in [3.8, 4) is 11.5 Å². The first-order valence-electron chi connectivity index (χ1n) is 5.80. The predicted octanol–water partition coefficient (Wildman–Crippen LogP) is 3.03. The minimum absolute atomic E-state index is 0.244. The van der Waals surface area contributed by atoms with Gasteiger partial charge in [0.25, 0.3) is 0 Å². The van der Waals surface area contributed by atoms with Crippen LogP contribution in [-0.2, 0) is 0 Å². The van der Waals surface area contributed by atoms with Gasteiger partial charge in [0.15, 0.2) is 11.6 Å². The fourth-order valence-electron chi connectivity index (χ4n) is 1.88. The third kappa shape index (κ3) is 2.20. The maximum absolute atomic E-state index is 14.1. The zero-order valence-corrected chi connectivity index (χ0v) is 12.0. The molecule has 100 valence electrons. The van der Waals surface area contributed by atoms with E-state index in [4.69, 9.17) is 0 Å². The number of rotatable bonds is 2. The van der Waals surface area contributed by atoms with Crippen molar-refractivity contribution in [3.63, 3.8) is 0 Å². The molecule has 2 aromatic heterocycles. The van der Waals surface area contributed by atoms with Crippen LogP contribution < -0.4 is 5.32 Å². The summed E-state index contributed by atoms with van der Waals surface area (Å²) in [5.74, 6) is 0.449. The first-order chi connectivity index (χ1) is 9.69. The highest BCUT2D eigenvalue weighted by atomic mass is 79.9. The molecule has 0 bridgehead atoms. The molecule has 20 heavy (non-hydrogen) atoms. The predicted molar refractivity (Wildman–Crippen MR) is 77.8 cm³/mol. The summed E-state index contributed by atoms with van der Waals surface area (Å²) in [6.07, 6.45) is 4.64. The van der Waals surface area contributed by atoms with Crippen LogP contribution in [0.3, 0.4) is 0 Å². The van der Waals surface area contributed by atoms with Crippen LogP contribution in [-0.4, -0.2) is 27.0 Å². The molecule has 0 fully saturated rings. The van der Waals surface area contributed by atoms with Gasteiger partial charge in [0.2, 0.25) is 0 Å². The highest BCUT2D eigenvalue weighted by Crippen LogP contribution is 2.28. The van der Waals surface area contributed by atoms with Crippen LogP contribution in [0.15, 0.2) is 35.2 Å². The zero-order chi connectivity index (χ0) is 14.1. The average Bonchev–Trinajstić information content (AvgIpc) is 2.47. The quantitative estimate of drug-likeness (QED) is 0.780. The molecule has 0 atom stereocenters. The minimum Gasteiger partial charge on any atom is -0.373 e. The Kier molecular flexibility index (Phi) is 3.27. The average molecular weight is 334 g/mol. The number of anilines is 1. The lowest BCUT2D eigenvalue weighted by Crippen LogP contribution is -2.01. The summed E-state index contributed by atoms with van der Waals surface area (Å²) in [4.78, 5) is 16.7. The van der Waals surface area contributed by atoms with Gasteiger partial charge in [-0.1, -0.05) is 15.9 Å². The summed E-state index contributed by atoms with van der Waals surface area (Å²) in [6, 6.07) is 3.14. The fraction of sp³-hybridized carbons (Fsp3) is 0.0769. The van der Waals surface area contributed by atoms with Crippen molar-refractivity contribution in [2.75, 3.05) is 12.4 Å². The number of halogens is 2. The Balaban J connectivity index is 2.32. The van der Waals surface area contributed by atoms with Gasteiger partial charge in [-0.25, -0.2) is 19.3 Å². The van der Waals surface area contributed by atoms with E-state index in [2.05, 4.69) is 41.2 Å². The first-order valence-corrected chi connectivity index (χ1v) is 6.59. The van der Waals surface area contributed by atoms with Gasteiger partial charge >= 0.3 is 0 Å². The molecule has 0 aliphatic heterocycles. The van der Waals surface area contributed by atoms with E-state index in [0.29, 0.717) is 27.2 Å². The summed E-state index contributed by atoms with van der Waals surface area (Å²) in [5, 5.41) is 3.55. The minimum atomic E-state index is -0.418. The Morgan fingerprint density at radius 3 is 2.75 bits per heavy atom. The molecule has 0 spiro atoms. The lowest BCUT2D eigenvalue weighted by Gasteiger charge is -2.08. The van der Waals surface area contributed by atoms with Crippen LogP contribution in [0.2, 0.25) is 0 Å². The number of benzene rings is 1. The summed E-state index contributed by atoms with van der Waals surface area (Å²) in [6.45, 7) is 0. The van der Waals surface area contributed by atoms with Crippen LogP contribution in [0.5, 0.6) is 0 Å². The van der Waals surface area contributed by atoms with Crippen molar-refractivity contribution in [3.05, 3.63) is 41.0 Å². The van der Waals surface area contributed by atoms with Crippen molar-refractivity contribution >= 4 is 32.7 Å². The number of nitrogens with one attached hydrogen (secondary N) is 1. The van der Waals surface area contributed by atoms with Crippen molar-refractivity contribution in [2.45, 2.75) is 0 Å². The van der Waals surface area contributed by atoms with Gasteiger partial charge in [0.05, 0.1) is 6.20 Å². The summed E-state index contributed by atoms with van der Waals surface area (Å²) in [7, 11) is 1.72. The summed E-state index contributed by atoms with van der Waals surface area (Å²) < 4.78 is 14.7. The molecule has 0 unspecified atom stereocenters.